The van der Waals surface area contributed by atoms with Crippen LogP contribution in [0.1, 0.15) is 10.4 Å². The molecule has 0 amide bonds. The van der Waals surface area contributed by atoms with Gasteiger partial charge in [-0.3, -0.25) is 9.78 Å². The minimum Gasteiger partial charge on any atom is -0.298 e. The lowest BCUT2D eigenvalue weighted by atomic mass is 10.1. The molecule has 0 saturated carbocycles. The molecule has 0 unspecified atom stereocenters. The zero-order chi connectivity index (χ0) is 15.6. The van der Waals surface area contributed by atoms with Crippen LogP contribution >= 0.6 is 11.3 Å². The molecule has 0 fully saturated rings. The van der Waals surface area contributed by atoms with Gasteiger partial charge >= 0.3 is 0 Å². The van der Waals surface area contributed by atoms with E-state index < -0.39 is 0 Å². The van der Waals surface area contributed by atoms with E-state index >= 15 is 0 Å². The number of rotatable bonds is 3. The third-order valence-corrected chi connectivity index (χ3v) is 5.00. The number of pyridine rings is 1. The molecule has 0 aliphatic heterocycles. The first-order chi connectivity index (χ1) is 11.3. The molecule has 0 bridgehead atoms. The number of hydrogen-bond donors (Lipinski definition) is 0. The minimum atomic E-state index is 0.673. The molecule has 2 heterocycles. The molecule has 0 atom stereocenters. The van der Waals surface area contributed by atoms with Gasteiger partial charge in [-0.1, -0.05) is 30.3 Å². The minimum absolute atomic E-state index is 0.673. The summed E-state index contributed by atoms with van der Waals surface area (Å²) in [6, 6.07) is 22.2. The molecule has 2 nitrogen and oxygen atoms in total. The molecule has 3 heteroatoms. The van der Waals surface area contributed by atoms with Gasteiger partial charge in [-0.15, -0.1) is 11.3 Å². The molecule has 0 radical (unpaired) electrons. The standard InChI is InChI=1S/C20H13NOS/c22-13-14-6-7-18-17(12-14)16(10-11-21-18)20-9-8-19(23-20)15-4-2-1-3-5-15/h1-13H. The van der Waals surface area contributed by atoms with E-state index in [0.717, 1.165) is 22.8 Å². The van der Waals surface area contributed by atoms with Crippen LogP contribution in [0.5, 0.6) is 0 Å². The van der Waals surface area contributed by atoms with Gasteiger partial charge in [0.2, 0.25) is 0 Å². The summed E-state index contributed by atoms with van der Waals surface area (Å²) in [5.74, 6) is 0. The summed E-state index contributed by atoms with van der Waals surface area (Å²) < 4.78 is 0. The summed E-state index contributed by atoms with van der Waals surface area (Å²) in [5.41, 5.74) is 3.91. The number of thiophene rings is 1. The summed E-state index contributed by atoms with van der Waals surface area (Å²) in [6.45, 7) is 0. The third-order valence-electron chi connectivity index (χ3n) is 3.83. The van der Waals surface area contributed by atoms with Gasteiger partial charge in [-0.05, 0) is 42.0 Å². The number of benzene rings is 2. The lowest BCUT2D eigenvalue weighted by molar-refractivity contribution is 0.112. The highest BCUT2D eigenvalue weighted by Crippen LogP contribution is 2.37. The molecule has 0 aliphatic rings. The molecule has 2 aromatic heterocycles. The Morgan fingerprint density at radius 3 is 2.52 bits per heavy atom. The van der Waals surface area contributed by atoms with Gasteiger partial charge in [0.1, 0.15) is 6.29 Å². The summed E-state index contributed by atoms with van der Waals surface area (Å²) in [7, 11) is 0. The van der Waals surface area contributed by atoms with Crippen molar-refractivity contribution < 1.29 is 4.79 Å². The largest absolute Gasteiger partial charge is 0.298 e. The zero-order valence-corrected chi connectivity index (χ0v) is 13.1. The maximum atomic E-state index is 11.1. The fourth-order valence-corrected chi connectivity index (χ4v) is 3.74. The topological polar surface area (TPSA) is 30.0 Å². The van der Waals surface area contributed by atoms with Crippen molar-refractivity contribution in [3.8, 4) is 20.9 Å². The van der Waals surface area contributed by atoms with Crippen molar-refractivity contribution in [3.63, 3.8) is 0 Å². The van der Waals surface area contributed by atoms with Gasteiger partial charge in [-0.25, -0.2) is 0 Å². The Morgan fingerprint density at radius 2 is 1.70 bits per heavy atom. The average Bonchev–Trinajstić information content (AvgIpc) is 3.11. The predicted molar refractivity (Wildman–Crippen MR) is 95.9 cm³/mol. The highest BCUT2D eigenvalue weighted by atomic mass is 32.1. The highest BCUT2D eigenvalue weighted by molar-refractivity contribution is 7.18. The number of carbonyl (C=O) groups is 1. The maximum Gasteiger partial charge on any atom is 0.150 e. The Hall–Kier alpha value is -2.78. The van der Waals surface area contributed by atoms with Crippen LogP contribution in [0.25, 0.3) is 31.8 Å². The molecule has 0 aliphatic carbocycles. The first-order valence-electron chi connectivity index (χ1n) is 7.35. The van der Waals surface area contributed by atoms with E-state index in [1.54, 1.807) is 17.4 Å². The number of carbonyl (C=O) groups excluding carboxylic acids is 1. The van der Waals surface area contributed by atoms with Gasteiger partial charge in [0.25, 0.3) is 0 Å². The molecular formula is C20H13NOS. The molecule has 0 N–H and O–H groups in total. The van der Waals surface area contributed by atoms with Crippen molar-refractivity contribution in [2.24, 2.45) is 0 Å². The number of nitrogens with zero attached hydrogens (tertiary/aromatic N) is 1. The number of aldehydes is 1. The van der Waals surface area contributed by atoms with E-state index in [-0.39, 0.29) is 0 Å². The molecule has 0 saturated heterocycles. The van der Waals surface area contributed by atoms with Crippen molar-refractivity contribution in [2.45, 2.75) is 0 Å². The Kier molecular flexibility index (Phi) is 3.48. The summed E-state index contributed by atoms with van der Waals surface area (Å²) >= 11 is 1.75. The van der Waals surface area contributed by atoms with E-state index in [2.05, 4.69) is 29.2 Å². The maximum absolute atomic E-state index is 11.1. The third kappa shape index (κ3) is 2.56. The van der Waals surface area contributed by atoms with Crippen molar-refractivity contribution in [3.05, 3.63) is 78.5 Å². The van der Waals surface area contributed by atoms with Gasteiger partial charge in [0, 0.05) is 32.5 Å². The predicted octanol–water partition coefficient (Wildman–Crippen LogP) is 5.44. The molecule has 4 aromatic rings. The average molecular weight is 315 g/mol. The summed E-state index contributed by atoms with van der Waals surface area (Å²) in [4.78, 5) is 17.9. The van der Waals surface area contributed by atoms with Crippen LogP contribution in [0.2, 0.25) is 0 Å². The summed E-state index contributed by atoms with van der Waals surface area (Å²) in [6.07, 6.45) is 2.69. The molecule has 4 rings (SSSR count). The van der Waals surface area contributed by atoms with E-state index in [4.69, 9.17) is 0 Å². The lowest BCUT2D eigenvalue weighted by Crippen LogP contribution is -1.85. The van der Waals surface area contributed by atoms with Gasteiger partial charge in [-0.2, -0.15) is 0 Å². The second-order valence-electron chi connectivity index (χ2n) is 5.28. The fraction of sp³-hybridized carbons (Fsp3) is 0. The van der Waals surface area contributed by atoms with Gasteiger partial charge in [0.15, 0.2) is 0 Å². The van der Waals surface area contributed by atoms with Crippen molar-refractivity contribution >= 4 is 28.5 Å². The second kappa shape index (κ2) is 5.78. The first kappa shape index (κ1) is 13.9. The second-order valence-corrected chi connectivity index (χ2v) is 6.37. The van der Waals surface area contributed by atoms with E-state index in [1.807, 2.05) is 42.6 Å². The van der Waals surface area contributed by atoms with Crippen LogP contribution in [-0.4, -0.2) is 11.3 Å². The van der Waals surface area contributed by atoms with E-state index in [1.165, 1.54) is 15.3 Å². The Morgan fingerprint density at radius 1 is 0.870 bits per heavy atom. The van der Waals surface area contributed by atoms with Crippen LogP contribution in [0, 0.1) is 0 Å². The number of fused-ring (bicyclic) bond motifs is 1. The van der Waals surface area contributed by atoms with Crippen LogP contribution in [0.4, 0.5) is 0 Å². The smallest absolute Gasteiger partial charge is 0.150 e. The molecular weight excluding hydrogens is 302 g/mol. The quantitative estimate of drug-likeness (QED) is 0.471. The normalized spacial score (nSPS) is 10.8. The zero-order valence-electron chi connectivity index (χ0n) is 12.3. The van der Waals surface area contributed by atoms with E-state index in [9.17, 15) is 4.79 Å². The highest BCUT2D eigenvalue weighted by Gasteiger charge is 2.09. The van der Waals surface area contributed by atoms with Crippen LogP contribution in [-0.2, 0) is 0 Å². The molecule has 110 valence electrons. The van der Waals surface area contributed by atoms with Crippen molar-refractivity contribution in [2.75, 3.05) is 0 Å². The SMILES string of the molecule is O=Cc1ccc2nccc(-c3ccc(-c4ccccc4)s3)c2c1. The molecule has 2 aromatic carbocycles. The van der Waals surface area contributed by atoms with Crippen molar-refractivity contribution in [1.29, 1.82) is 0 Å². The fourth-order valence-electron chi connectivity index (χ4n) is 2.69. The van der Waals surface area contributed by atoms with Crippen LogP contribution in [0.3, 0.4) is 0 Å². The summed E-state index contributed by atoms with van der Waals surface area (Å²) in [5, 5.41) is 1.01. The monoisotopic (exact) mass is 315 g/mol. The van der Waals surface area contributed by atoms with Gasteiger partial charge in [0.05, 0.1) is 5.52 Å². The Labute approximate surface area is 138 Å². The van der Waals surface area contributed by atoms with Gasteiger partial charge < -0.3 is 0 Å². The number of hydrogen-bond acceptors (Lipinski definition) is 3. The van der Waals surface area contributed by atoms with E-state index in [0.29, 0.717) is 5.56 Å². The lowest BCUT2D eigenvalue weighted by Gasteiger charge is -2.04. The van der Waals surface area contributed by atoms with Crippen molar-refractivity contribution in [1.82, 2.24) is 4.98 Å². The Balaban J connectivity index is 1.86. The van der Waals surface area contributed by atoms with Crippen LogP contribution in [0.15, 0.2) is 72.9 Å². The van der Waals surface area contributed by atoms with Crippen LogP contribution < -0.4 is 0 Å². The Bertz CT molecular complexity index is 989. The molecule has 23 heavy (non-hydrogen) atoms. The molecule has 0 spiro atoms. The number of aromatic nitrogens is 1. The first-order valence-corrected chi connectivity index (χ1v) is 8.16.